The quantitative estimate of drug-likeness (QED) is 0.0520. The fourth-order valence-corrected chi connectivity index (χ4v) is 8.35. The van der Waals surface area contributed by atoms with Gasteiger partial charge in [-0.1, -0.05) is 151 Å². The molecule has 0 aliphatic heterocycles. The lowest BCUT2D eigenvalue weighted by Gasteiger charge is -2.34. The molecular formula is C42H58N4O3S. The number of carbonyl (C=O) groups excluding carboxylic acids is 1. The Morgan fingerprint density at radius 2 is 1.46 bits per heavy atom. The van der Waals surface area contributed by atoms with E-state index in [0.29, 0.717) is 29.9 Å². The number of nitrogens with one attached hydrogen (secondary N) is 2. The molecule has 0 saturated heterocycles. The van der Waals surface area contributed by atoms with E-state index in [1.807, 2.05) is 48.6 Å². The van der Waals surface area contributed by atoms with Crippen LogP contribution in [0, 0.1) is 0 Å². The van der Waals surface area contributed by atoms with E-state index in [1.54, 1.807) is 48.8 Å². The number of allylic oxidation sites excluding steroid dienone is 3. The number of amides is 1. The van der Waals surface area contributed by atoms with Crippen LogP contribution in [0.5, 0.6) is 0 Å². The second-order valence-corrected chi connectivity index (χ2v) is 15.8. The van der Waals surface area contributed by atoms with Crippen molar-refractivity contribution in [1.29, 1.82) is 0 Å². The number of carbonyl (C=O) groups is 1. The second kappa shape index (κ2) is 20.7. The number of nitrogens with zero attached hydrogens (tertiary/aromatic N) is 1. The van der Waals surface area contributed by atoms with Gasteiger partial charge in [0.15, 0.2) is 0 Å². The summed E-state index contributed by atoms with van der Waals surface area (Å²) < 4.78 is 29.0. The highest BCUT2D eigenvalue weighted by Crippen LogP contribution is 2.37. The highest BCUT2D eigenvalue weighted by atomic mass is 32.2. The molecule has 7 nitrogen and oxygen atoms in total. The van der Waals surface area contributed by atoms with Crippen LogP contribution in [0.2, 0.25) is 0 Å². The van der Waals surface area contributed by atoms with Crippen LogP contribution in [0.4, 0.5) is 11.4 Å². The maximum atomic E-state index is 14.4. The van der Waals surface area contributed by atoms with Crippen LogP contribution in [0.3, 0.4) is 0 Å². The monoisotopic (exact) mass is 698 g/mol. The van der Waals surface area contributed by atoms with Gasteiger partial charge in [-0.3, -0.25) is 8.77 Å². The van der Waals surface area contributed by atoms with Gasteiger partial charge < -0.3 is 16.4 Å². The van der Waals surface area contributed by atoms with Crippen LogP contribution < -0.4 is 16.4 Å². The van der Waals surface area contributed by atoms with Crippen LogP contribution in [-0.2, 0) is 14.8 Å². The molecule has 0 fully saturated rings. The Labute approximate surface area is 301 Å². The number of hydrogen-bond acceptors (Lipinski definition) is 5. The number of nitrogens with two attached hydrogens (primary N) is 1. The van der Waals surface area contributed by atoms with Crippen molar-refractivity contribution < 1.29 is 13.2 Å². The van der Waals surface area contributed by atoms with Crippen molar-refractivity contribution in [3.8, 4) is 0 Å². The largest absolute Gasteiger partial charge is 0.397 e. The molecule has 270 valence electrons. The Hall–Kier alpha value is -3.88. The lowest BCUT2D eigenvalue weighted by atomic mass is 9.89. The summed E-state index contributed by atoms with van der Waals surface area (Å²) in [6.07, 6.45) is 30.5. The van der Waals surface area contributed by atoms with E-state index in [4.69, 9.17) is 5.73 Å². The molecule has 2 aromatic carbocycles. The molecule has 1 aliphatic rings. The van der Waals surface area contributed by atoms with Gasteiger partial charge in [0.25, 0.3) is 0 Å². The minimum absolute atomic E-state index is 0.304. The molecule has 0 saturated carbocycles. The first-order valence-corrected chi connectivity index (χ1v) is 20.2. The molecule has 8 heteroatoms. The van der Waals surface area contributed by atoms with Crippen LogP contribution in [0.25, 0.3) is 11.6 Å². The second-order valence-electron chi connectivity index (χ2n) is 13.6. The molecule has 4 N–H and O–H groups in total. The van der Waals surface area contributed by atoms with E-state index in [9.17, 15) is 13.2 Å². The summed E-state index contributed by atoms with van der Waals surface area (Å²) in [4.78, 5) is 12.5. The van der Waals surface area contributed by atoms with Gasteiger partial charge in [-0.05, 0) is 60.4 Å². The van der Waals surface area contributed by atoms with Gasteiger partial charge in [-0.2, -0.15) is 0 Å². The predicted octanol–water partition coefficient (Wildman–Crippen LogP) is 9.75. The fourth-order valence-electron chi connectivity index (χ4n) is 6.57. The average Bonchev–Trinajstić information content (AvgIpc) is 3.62. The van der Waals surface area contributed by atoms with Crippen molar-refractivity contribution in [2.24, 2.45) is 0 Å². The van der Waals surface area contributed by atoms with Gasteiger partial charge in [0.2, 0.25) is 15.9 Å². The summed E-state index contributed by atoms with van der Waals surface area (Å²) in [5.41, 5.74) is 9.55. The lowest BCUT2D eigenvalue weighted by Crippen LogP contribution is -2.49. The molecule has 1 aliphatic carbocycles. The third-order valence-corrected chi connectivity index (χ3v) is 11.8. The maximum absolute atomic E-state index is 14.4. The Morgan fingerprint density at radius 3 is 2.12 bits per heavy atom. The van der Waals surface area contributed by atoms with E-state index in [1.165, 1.54) is 87.1 Å². The van der Waals surface area contributed by atoms with Crippen molar-refractivity contribution >= 4 is 39.0 Å². The van der Waals surface area contributed by atoms with Crippen molar-refractivity contribution in [2.45, 2.75) is 108 Å². The van der Waals surface area contributed by atoms with Crippen molar-refractivity contribution in [2.75, 3.05) is 24.1 Å². The number of aromatic nitrogens is 1. The number of unbranched alkanes of at least 4 members (excludes halogenated alkanes) is 13. The summed E-state index contributed by atoms with van der Waals surface area (Å²) in [5.74, 6) is -0.351. The molecule has 0 spiro atoms. The first-order chi connectivity index (χ1) is 24.3. The number of benzene rings is 2. The van der Waals surface area contributed by atoms with Crippen LogP contribution in [-0.4, -0.2) is 36.1 Å². The number of rotatable bonds is 23. The van der Waals surface area contributed by atoms with Gasteiger partial charge in [0, 0.05) is 25.0 Å². The van der Waals surface area contributed by atoms with Crippen LogP contribution >= 0.6 is 0 Å². The van der Waals surface area contributed by atoms with E-state index in [0.717, 1.165) is 30.5 Å². The Balaban J connectivity index is 1.30. The molecule has 4 rings (SSSR count). The summed E-state index contributed by atoms with van der Waals surface area (Å²) in [6, 6.07) is 18.7. The zero-order chi connectivity index (χ0) is 35.5. The highest BCUT2D eigenvalue weighted by Gasteiger charge is 2.44. The smallest absolute Gasteiger partial charge is 0.249 e. The standard InChI is InChI=1S/C42H58N4O3S/c1-2-3-4-5-6-7-8-9-10-11-12-13-14-20-31-44-35-42(30-21-24-38(33-42)37-22-16-15-17-23-37)50(48,49)46-32-29-36(34-46)27-28-41(47)45-40-26-19-18-25-39(40)43/h15-19,21-30,32,34,44H,2-14,20,31,33,35,43H2,1H3,(H,45,47)/b28-27+. The number of hydrogen-bond donors (Lipinski definition) is 3. The molecular weight excluding hydrogens is 641 g/mol. The normalized spacial score (nSPS) is 16.1. The minimum Gasteiger partial charge on any atom is -0.397 e. The number of anilines is 2. The zero-order valence-corrected chi connectivity index (χ0v) is 30.8. The molecule has 50 heavy (non-hydrogen) atoms. The maximum Gasteiger partial charge on any atom is 0.249 e. The van der Waals surface area contributed by atoms with Crippen LogP contribution in [0.1, 0.15) is 114 Å². The minimum atomic E-state index is -3.88. The molecule has 1 heterocycles. The molecule has 3 aromatic rings. The van der Waals surface area contributed by atoms with Crippen LogP contribution in [0.15, 0.2) is 97.4 Å². The molecule has 1 atom stereocenters. The van der Waals surface area contributed by atoms with E-state index >= 15 is 0 Å². The lowest BCUT2D eigenvalue weighted by molar-refractivity contribution is -0.111. The summed E-state index contributed by atoms with van der Waals surface area (Å²) in [5, 5.41) is 6.27. The number of para-hydroxylation sites is 2. The topological polar surface area (TPSA) is 106 Å². The third-order valence-electron chi connectivity index (χ3n) is 9.59. The van der Waals surface area contributed by atoms with Gasteiger partial charge in [0.1, 0.15) is 4.75 Å². The zero-order valence-electron chi connectivity index (χ0n) is 30.0. The first kappa shape index (κ1) is 38.9. The molecule has 1 unspecified atom stereocenters. The summed E-state index contributed by atoms with van der Waals surface area (Å²) >= 11 is 0. The fraction of sp³-hybridized carbons (Fsp3) is 0.452. The Bertz CT molecular complexity index is 1660. The average molecular weight is 699 g/mol. The first-order valence-electron chi connectivity index (χ1n) is 18.8. The van der Waals surface area contributed by atoms with Crippen molar-refractivity contribution in [3.63, 3.8) is 0 Å². The van der Waals surface area contributed by atoms with Gasteiger partial charge in [0.05, 0.1) is 11.4 Å². The Morgan fingerprint density at radius 1 is 0.840 bits per heavy atom. The van der Waals surface area contributed by atoms with Crippen molar-refractivity contribution in [1.82, 2.24) is 9.29 Å². The molecule has 1 aromatic heterocycles. The van der Waals surface area contributed by atoms with E-state index < -0.39 is 14.8 Å². The highest BCUT2D eigenvalue weighted by molar-refractivity contribution is 7.91. The van der Waals surface area contributed by atoms with Crippen molar-refractivity contribution in [3.05, 3.63) is 108 Å². The summed E-state index contributed by atoms with van der Waals surface area (Å²) in [6.45, 7) is 3.35. The van der Waals surface area contributed by atoms with Gasteiger partial charge >= 0.3 is 0 Å². The van der Waals surface area contributed by atoms with Gasteiger partial charge in [-0.15, -0.1) is 0 Å². The third kappa shape index (κ3) is 11.9. The molecule has 1 amide bonds. The SMILES string of the molecule is CCCCCCCCCCCCCCCCNCC1(S(=O)(=O)n2ccc(/C=C/C(=O)Nc3ccccc3N)c2)C=CC=C(c2ccccc2)C1. The predicted molar refractivity (Wildman–Crippen MR) is 211 cm³/mol. The number of nitrogen functional groups attached to an aromatic ring is 1. The molecule has 0 bridgehead atoms. The summed E-state index contributed by atoms with van der Waals surface area (Å²) in [7, 11) is -3.88. The molecule has 0 radical (unpaired) electrons. The van der Waals surface area contributed by atoms with Gasteiger partial charge in [-0.25, -0.2) is 8.42 Å². The Kier molecular flexibility index (Phi) is 16.1. The van der Waals surface area contributed by atoms with E-state index in [2.05, 4.69) is 17.6 Å². The van der Waals surface area contributed by atoms with E-state index in [-0.39, 0.29) is 5.91 Å².